The maximum absolute atomic E-state index is 12.6. The number of sulfonamides is 1. The van der Waals surface area contributed by atoms with Gasteiger partial charge in [-0.05, 0) is 49.3 Å². The van der Waals surface area contributed by atoms with Gasteiger partial charge in [-0.1, -0.05) is 24.3 Å². The molecule has 2 aliphatic rings. The fourth-order valence-electron chi connectivity index (χ4n) is 3.87. The Morgan fingerprint density at radius 2 is 1.92 bits per heavy atom. The van der Waals surface area contributed by atoms with E-state index in [1.807, 2.05) is 12.1 Å². The van der Waals surface area contributed by atoms with Crippen LogP contribution < -0.4 is 5.32 Å². The van der Waals surface area contributed by atoms with Crippen LogP contribution in [0.25, 0.3) is 0 Å². The number of fused-ring (bicyclic) bond motifs is 1. The second-order valence-corrected chi connectivity index (χ2v) is 8.92. The number of hydrogen-bond donors (Lipinski definition) is 2. The summed E-state index contributed by atoms with van der Waals surface area (Å²) in [6, 6.07) is 9.56. The molecule has 1 aromatic carbocycles. The van der Waals surface area contributed by atoms with Crippen LogP contribution in [0.5, 0.6) is 0 Å². The fraction of sp³-hybridized carbons (Fsp3) is 0.421. The molecule has 1 fully saturated rings. The first-order valence-electron chi connectivity index (χ1n) is 9.13. The van der Waals surface area contributed by atoms with Crippen LogP contribution in [0.4, 0.5) is 0 Å². The van der Waals surface area contributed by atoms with Gasteiger partial charge in [0.15, 0.2) is 0 Å². The molecule has 0 radical (unpaired) electrons. The molecule has 7 heteroatoms. The molecule has 26 heavy (non-hydrogen) atoms. The molecule has 1 aliphatic carbocycles. The number of rotatable bonds is 4. The molecule has 2 aromatic rings. The van der Waals surface area contributed by atoms with Crippen LogP contribution >= 0.6 is 0 Å². The first-order chi connectivity index (χ1) is 12.6. The minimum atomic E-state index is -3.51. The second-order valence-electron chi connectivity index (χ2n) is 6.98. The van der Waals surface area contributed by atoms with Crippen molar-refractivity contribution in [3.05, 3.63) is 53.3 Å². The molecule has 6 nitrogen and oxygen atoms in total. The molecule has 2 N–H and O–H groups in total. The number of aromatic nitrogens is 1. The average Bonchev–Trinajstić information content (AvgIpc) is 3.34. The van der Waals surface area contributed by atoms with Crippen molar-refractivity contribution in [3.63, 3.8) is 0 Å². The van der Waals surface area contributed by atoms with E-state index in [9.17, 15) is 13.2 Å². The zero-order valence-corrected chi connectivity index (χ0v) is 15.4. The summed E-state index contributed by atoms with van der Waals surface area (Å²) in [5.41, 5.74) is 2.71. The number of aryl methyl sites for hydroxylation is 1. The van der Waals surface area contributed by atoms with Crippen LogP contribution in [0, 0.1) is 0 Å². The minimum Gasteiger partial charge on any atom is -0.356 e. The number of H-pyrrole nitrogens is 1. The van der Waals surface area contributed by atoms with Crippen LogP contribution in [0.3, 0.4) is 0 Å². The molecular formula is C19H23N3O3S. The number of nitrogens with one attached hydrogen (secondary N) is 2. The molecule has 138 valence electrons. The highest BCUT2D eigenvalue weighted by atomic mass is 32.2. The van der Waals surface area contributed by atoms with Gasteiger partial charge in [0, 0.05) is 19.3 Å². The maximum Gasteiger partial charge on any atom is 0.268 e. The predicted molar refractivity (Wildman–Crippen MR) is 98.4 cm³/mol. The average molecular weight is 373 g/mol. The van der Waals surface area contributed by atoms with Gasteiger partial charge in [0.05, 0.1) is 6.04 Å². The van der Waals surface area contributed by atoms with Crippen molar-refractivity contribution in [2.24, 2.45) is 0 Å². The molecule has 1 aliphatic heterocycles. The van der Waals surface area contributed by atoms with E-state index >= 15 is 0 Å². The SMILES string of the molecule is O=C(NC1CCCc2ccccc21)c1cc(S(=O)(=O)N2CCCC2)c[nH]1. The Balaban J connectivity index is 1.51. The lowest BCUT2D eigenvalue weighted by Crippen LogP contribution is -2.31. The number of aromatic amines is 1. The van der Waals surface area contributed by atoms with Crippen molar-refractivity contribution in [2.75, 3.05) is 13.1 Å². The highest BCUT2D eigenvalue weighted by Gasteiger charge is 2.29. The van der Waals surface area contributed by atoms with E-state index in [2.05, 4.69) is 22.4 Å². The molecule has 0 saturated carbocycles. The Bertz CT molecular complexity index is 914. The number of amides is 1. The third-order valence-corrected chi connectivity index (χ3v) is 7.16. The summed E-state index contributed by atoms with van der Waals surface area (Å²) in [5, 5.41) is 3.05. The zero-order chi connectivity index (χ0) is 18.1. The summed E-state index contributed by atoms with van der Waals surface area (Å²) in [4.78, 5) is 15.6. The van der Waals surface area contributed by atoms with Gasteiger partial charge in [-0.25, -0.2) is 8.42 Å². The van der Waals surface area contributed by atoms with E-state index in [4.69, 9.17) is 0 Å². The molecule has 4 rings (SSSR count). The maximum atomic E-state index is 12.6. The summed E-state index contributed by atoms with van der Waals surface area (Å²) < 4.78 is 26.7. The van der Waals surface area contributed by atoms with Crippen LogP contribution in [0.1, 0.15) is 53.3 Å². The van der Waals surface area contributed by atoms with E-state index < -0.39 is 10.0 Å². The molecular weight excluding hydrogens is 350 g/mol. The Hall–Kier alpha value is -2.12. The Labute approximate surface area is 153 Å². The van der Waals surface area contributed by atoms with Gasteiger partial charge in [0.25, 0.3) is 5.91 Å². The zero-order valence-electron chi connectivity index (χ0n) is 14.6. The van der Waals surface area contributed by atoms with Crippen LogP contribution in [-0.2, 0) is 16.4 Å². The monoisotopic (exact) mass is 373 g/mol. The molecule has 2 heterocycles. The van der Waals surface area contributed by atoms with E-state index in [0.717, 1.165) is 37.7 Å². The Morgan fingerprint density at radius 1 is 1.15 bits per heavy atom. The van der Waals surface area contributed by atoms with Gasteiger partial charge in [-0.15, -0.1) is 0 Å². The van der Waals surface area contributed by atoms with Crippen molar-refractivity contribution in [3.8, 4) is 0 Å². The lowest BCUT2D eigenvalue weighted by molar-refractivity contribution is 0.0928. The molecule has 0 bridgehead atoms. The van der Waals surface area contributed by atoms with Crippen molar-refractivity contribution in [1.29, 1.82) is 0 Å². The molecule has 1 saturated heterocycles. The quantitative estimate of drug-likeness (QED) is 0.864. The van der Waals surface area contributed by atoms with Crippen molar-refractivity contribution in [2.45, 2.75) is 43.0 Å². The number of hydrogen-bond acceptors (Lipinski definition) is 3. The second kappa shape index (κ2) is 6.89. The van der Waals surface area contributed by atoms with E-state index in [-0.39, 0.29) is 22.5 Å². The largest absolute Gasteiger partial charge is 0.356 e. The van der Waals surface area contributed by atoms with Gasteiger partial charge >= 0.3 is 0 Å². The predicted octanol–water partition coefficient (Wildman–Crippen LogP) is 2.61. The Morgan fingerprint density at radius 3 is 2.73 bits per heavy atom. The smallest absolute Gasteiger partial charge is 0.268 e. The van der Waals surface area contributed by atoms with E-state index in [1.54, 1.807) is 0 Å². The summed E-state index contributed by atoms with van der Waals surface area (Å²) >= 11 is 0. The number of carbonyl (C=O) groups is 1. The van der Waals surface area contributed by atoms with Crippen molar-refractivity contribution >= 4 is 15.9 Å². The summed E-state index contributed by atoms with van der Waals surface area (Å²) in [7, 11) is -3.51. The molecule has 1 amide bonds. The summed E-state index contributed by atoms with van der Waals surface area (Å²) in [5.74, 6) is -0.269. The Kier molecular flexibility index (Phi) is 4.58. The van der Waals surface area contributed by atoms with Gasteiger partial charge in [0.1, 0.15) is 10.6 Å². The highest BCUT2D eigenvalue weighted by molar-refractivity contribution is 7.89. The first kappa shape index (κ1) is 17.3. The minimum absolute atomic E-state index is 0.0330. The van der Waals surface area contributed by atoms with Gasteiger partial charge < -0.3 is 10.3 Å². The van der Waals surface area contributed by atoms with Crippen molar-refractivity contribution in [1.82, 2.24) is 14.6 Å². The number of benzene rings is 1. The third kappa shape index (κ3) is 3.17. The van der Waals surface area contributed by atoms with E-state index in [0.29, 0.717) is 13.1 Å². The van der Waals surface area contributed by atoms with Crippen LogP contribution in [0.2, 0.25) is 0 Å². The summed E-state index contributed by atoms with van der Waals surface area (Å²) in [6.07, 6.45) is 6.14. The van der Waals surface area contributed by atoms with Gasteiger partial charge in [-0.3, -0.25) is 4.79 Å². The van der Waals surface area contributed by atoms with Crippen molar-refractivity contribution < 1.29 is 13.2 Å². The lowest BCUT2D eigenvalue weighted by Gasteiger charge is -2.26. The van der Waals surface area contributed by atoms with Crippen LogP contribution in [-0.4, -0.2) is 36.7 Å². The molecule has 1 aromatic heterocycles. The lowest BCUT2D eigenvalue weighted by atomic mass is 9.88. The van der Waals surface area contributed by atoms with Crippen LogP contribution in [0.15, 0.2) is 41.4 Å². The van der Waals surface area contributed by atoms with Gasteiger partial charge in [0.2, 0.25) is 10.0 Å². The van der Waals surface area contributed by atoms with E-state index in [1.165, 1.54) is 22.1 Å². The first-order valence-corrected chi connectivity index (χ1v) is 10.6. The summed E-state index contributed by atoms with van der Waals surface area (Å²) in [6.45, 7) is 1.10. The third-order valence-electron chi connectivity index (χ3n) is 5.28. The molecule has 1 atom stereocenters. The topological polar surface area (TPSA) is 82.3 Å². The highest BCUT2D eigenvalue weighted by Crippen LogP contribution is 2.30. The number of carbonyl (C=O) groups excluding carboxylic acids is 1. The fourth-order valence-corrected chi connectivity index (χ4v) is 5.38. The molecule has 1 unspecified atom stereocenters. The van der Waals surface area contributed by atoms with Gasteiger partial charge in [-0.2, -0.15) is 4.31 Å². The normalized spacial score (nSPS) is 20.7. The number of nitrogens with zero attached hydrogens (tertiary/aromatic N) is 1. The standard InChI is InChI=1S/C19H23N3O3S/c23-19(21-17-9-5-7-14-6-1-2-8-16(14)17)18-12-15(13-20-18)26(24,25)22-10-3-4-11-22/h1-2,6,8,12-13,17,20H,3-5,7,9-11H2,(H,21,23). The molecule has 0 spiro atoms.